The van der Waals surface area contributed by atoms with E-state index >= 15 is 0 Å². The Morgan fingerprint density at radius 2 is 2.05 bits per heavy atom. The third-order valence-electron chi connectivity index (χ3n) is 2.91. The van der Waals surface area contributed by atoms with E-state index in [0.29, 0.717) is 12.3 Å². The van der Waals surface area contributed by atoms with Crippen LogP contribution in [0.25, 0.3) is 6.08 Å². The van der Waals surface area contributed by atoms with Gasteiger partial charge in [-0.15, -0.1) is 0 Å². The first-order chi connectivity index (χ1) is 9.38. The Morgan fingerprint density at radius 3 is 2.60 bits per heavy atom. The molecule has 0 fully saturated rings. The Bertz CT molecular complexity index is 518. The minimum atomic E-state index is -0.976. The van der Waals surface area contributed by atoms with Crippen LogP contribution in [-0.2, 0) is 9.59 Å². The molecule has 2 N–H and O–H groups in total. The Kier molecular flexibility index (Phi) is 5.97. The number of nitrogens with one attached hydrogen (secondary N) is 1. The van der Waals surface area contributed by atoms with Gasteiger partial charge in [0.05, 0.1) is 0 Å². The summed E-state index contributed by atoms with van der Waals surface area (Å²) in [6.45, 7) is 6.05. The van der Waals surface area contributed by atoms with Gasteiger partial charge in [0.25, 0.3) is 0 Å². The Hall–Kier alpha value is -2.10. The molecular weight excluding hydrogens is 254 g/mol. The van der Waals surface area contributed by atoms with Crippen molar-refractivity contribution >= 4 is 23.6 Å². The van der Waals surface area contributed by atoms with Gasteiger partial charge in [0.1, 0.15) is 0 Å². The van der Waals surface area contributed by atoms with Gasteiger partial charge >= 0.3 is 5.97 Å². The van der Waals surface area contributed by atoms with Crippen molar-refractivity contribution in [2.45, 2.75) is 33.6 Å². The average molecular weight is 275 g/mol. The molecule has 0 saturated carbocycles. The highest BCUT2D eigenvalue weighted by atomic mass is 16.4. The number of amides is 1. The van der Waals surface area contributed by atoms with Crippen LogP contribution in [0.5, 0.6) is 0 Å². The normalized spacial score (nSPS) is 11.0. The lowest BCUT2D eigenvalue weighted by molar-refractivity contribution is -0.131. The number of hydrogen-bond acceptors (Lipinski definition) is 2. The van der Waals surface area contributed by atoms with Crippen molar-refractivity contribution in [3.05, 3.63) is 35.4 Å². The van der Waals surface area contributed by atoms with E-state index in [2.05, 4.69) is 19.2 Å². The van der Waals surface area contributed by atoms with Crippen LogP contribution >= 0.6 is 0 Å². The molecule has 20 heavy (non-hydrogen) atoms. The SMILES string of the molecule is Cc1cc(NC(=O)CCC(C)C)ccc1C=CC(=O)O. The predicted octanol–water partition coefficient (Wildman–Crippen LogP) is 3.47. The highest BCUT2D eigenvalue weighted by Gasteiger charge is 2.05. The van der Waals surface area contributed by atoms with Gasteiger partial charge in [-0.1, -0.05) is 19.9 Å². The number of aliphatic carboxylic acids is 1. The topological polar surface area (TPSA) is 66.4 Å². The van der Waals surface area contributed by atoms with Crippen molar-refractivity contribution in [2.24, 2.45) is 5.92 Å². The molecular formula is C16H21NO3. The molecule has 1 amide bonds. The number of carbonyl (C=O) groups is 2. The van der Waals surface area contributed by atoms with E-state index in [-0.39, 0.29) is 5.91 Å². The standard InChI is InChI=1S/C16H21NO3/c1-11(2)4-8-15(18)17-14-7-5-13(12(3)10-14)6-9-16(19)20/h5-7,9-11H,4,8H2,1-3H3,(H,17,18)(H,19,20). The molecule has 1 rings (SSSR count). The van der Waals surface area contributed by atoms with E-state index in [0.717, 1.165) is 29.3 Å². The number of carboxylic acid groups (broad SMARTS) is 1. The Morgan fingerprint density at radius 1 is 1.35 bits per heavy atom. The van der Waals surface area contributed by atoms with Gasteiger partial charge in [-0.25, -0.2) is 4.79 Å². The first kappa shape index (κ1) is 16.0. The van der Waals surface area contributed by atoms with Crippen molar-refractivity contribution in [1.29, 1.82) is 0 Å². The fraction of sp³-hybridized carbons (Fsp3) is 0.375. The summed E-state index contributed by atoms with van der Waals surface area (Å²) >= 11 is 0. The lowest BCUT2D eigenvalue weighted by Crippen LogP contribution is -2.12. The maximum Gasteiger partial charge on any atom is 0.328 e. The second kappa shape index (κ2) is 7.48. The number of benzene rings is 1. The van der Waals surface area contributed by atoms with Crippen molar-refractivity contribution in [2.75, 3.05) is 5.32 Å². The van der Waals surface area contributed by atoms with Crippen LogP contribution in [0.4, 0.5) is 5.69 Å². The number of aryl methyl sites for hydroxylation is 1. The summed E-state index contributed by atoms with van der Waals surface area (Å²) in [6.07, 6.45) is 4.02. The summed E-state index contributed by atoms with van der Waals surface area (Å²) in [7, 11) is 0. The molecule has 1 aromatic rings. The first-order valence-corrected chi connectivity index (χ1v) is 6.70. The molecule has 1 aromatic carbocycles. The average Bonchev–Trinajstić information content (AvgIpc) is 2.35. The zero-order valence-corrected chi connectivity index (χ0v) is 12.1. The number of carboxylic acids is 1. The lowest BCUT2D eigenvalue weighted by atomic mass is 10.1. The van der Waals surface area contributed by atoms with Crippen LogP contribution < -0.4 is 5.32 Å². The van der Waals surface area contributed by atoms with E-state index < -0.39 is 5.97 Å². The van der Waals surface area contributed by atoms with E-state index in [4.69, 9.17) is 5.11 Å². The molecule has 0 radical (unpaired) electrons. The molecule has 0 aliphatic rings. The van der Waals surface area contributed by atoms with Crippen LogP contribution in [-0.4, -0.2) is 17.0 Å². The van der Waals surface area contributed by atoms with Crippen LogP contribution in [0.3, 0.4) is 0 Å². The van der Waals surface area contributed by atoms with Crippen molar-refractivity contribution in [3.8, 4) is 0 Å². The summed E-state index contributed by atoms with van der Waals surface area (Å²) in [5.41, 5.74) is 2.49. The van der Waals surface area contributed by atoms with Crippen LogP contribution in [0.1, 0.15) is 37.8 Å². The molecule has 0 bridgehead atoms. The zero-order valence-electron chi connectivity index (χ0n) is 12.1. The molecule has 0 atom stereocenters. The van der Waals surface area contributed by atoms with Crippen molar-refractivity contribution in [1.82, 2.24) is 0 Å². The maximum atomic E-state index is 11.7. The Labute approximate surface area is 119 Å². The molecule has 0 saturated heterocycles. The molecule has 0 aliphatic heterocycles. The monoisotopic (exact) mass is 275 g/mol. The van der Waals surface area contributed by atoms with Gasteiger partial charge in [-0.3, -0.25) is 4.79 Å². The lowest BCUT2D eigenvalue weighted by Gasteiger charge is -2.09. The second-order valence-electron chi connectivity index (χ2n) is 5.22. The smallest absolute Gasteiger partial charge is 0.328 e. The van der Waals surface area contributed by atoms with Crippen LogP contribution in [0, 0.1) is 12.8 Å². The summed E-state index contributed by atoms with van der Waals surface area (Å²) < 4.78 is 0. The predicted molar refractivity (Wildman–Crippen MR) is 80.6 cm³/mol. The number of rotatable bonds is 6. The molecule has 0 unspecified atom stereocenters. The summed E-state index contributed by atoms with van der Waals surface area (Å²) in [5, 5.41) is 11.5. The number of anilines is 1. The van der Waals surface area contributed by atoms with Gasteiger partial charge in [-0.2, -0.15) is 0 Å². The Balaban J connectivity index is 2.67. The minimum absolute atomic E-state index is 0.00641. The molecule has 108 valence electrons. The number of carbonyl (C=O) groups excluding carboxylic acids is 1. The van der Waals surface area contributed by atoms with Crippen molar-refractivity contribution < 1.29 is 14.7 Å². The third-order valence-corrected chi connectivity index (χ3v) is 2.91. The van der Waals surface area contributed by atoms with Gasteiger partial charge in [0.15, 0.2) is 0 Å². The highest BCUT2D eigenvalue weighted by Crippen LogP contribution is 2.17. The minimum Gasteiger partial charge on any atom is -0.478 e. The van der Waals surface area contributed by atoms with Gasteiger partial charge in [-0.05, 0) is 48.6 Å². The van der Waals surface area contributed by atoms with Gasteiger partial charge in [0, 0.05) is 18.2 Å². The van der Waals surface area contributed by atoms with E-state index in [1.807, 2.05) is 13.0 Å². The van der Waals surface area contributed by atoms with Crippen LogP contribution in [0.2, 0.25) is 0 Å². The van der Waals surface area contributed by atoms with Gasteiger partial charge < -0.3 is 10.4 Å². The summed E-state index contributed by atoms with van der Waals surface area (Å²) in [6, 6.07) is 5.42. The highest BCUT2D eigenvalue weighted by molar-refractivity contribution is 5.91. The number of hydrogen-bond donors (Lipinski definition) is 2. The quantitative estimate of drug-likeness (QED) is 0.781. The van der Waals surface area contributed by atoms with E-state index in [1.165, 1.54) is 0 Å². The second-order valence-corrected chi connectivity index (χ2v) is 5.22. The molecule has 4 nitrogen and oxygen atoms in total. The summed E-state index contributed by atoms with van der Waals surface area (Å²) in [4.78, 5) is 22.2. The third kappa shape index (κ3) is 5.69. The molecule has 0 spiro atoms. The van der Waals surface area contributed by atoms with E-state index in [9.17, 15) is 9.59 Å². The first-order valence-electron chi connectivity index (χ1n) is 6.70. The molecule has 0 heterocycles. The van der Waals surface area contributed by atoms with Gasteiger partial charge in [0.2, 0.25) is 5.91 Å². The van der Waals surface area contributed by atoms with Crippen LogP contribution in [0.15, 0.2) is 24.3 Å². The zero-order chi connectivity index (χ0) is 15.1. The fourth-order valence-corrected chi connectivity index (χ4v) is 1.74. The molecule has 0 aliphatic carbocycles. The largest absolute Gasteiger partial charge is 0.478 e. The van der Waals surface area contributed by atoms with E-state index in [1.54, 1.807) is 18.2 Å². The molecule has 4 heteroatoms. The van der Waals surface area contributed by atoms with Crippen molar-refractivity contribution in [3.63, 3.8) is 0 Å². The maximum absolute atomic E-state index is 11.7. The summed E-state index contributed by atoms with van der Waals surface area (Å²) in [5.74, 6) is -0.464. The molecule has 0 aromatic heterocycles. The fourth-order valence-electron chi connectivity index (χ4n) is 1.74.